The SMILES string of the molecule is CN(c1ccccc1Cn1ccc2cnc(Nc3ccc(N4CCCC4CO)cc3)nc21)S(C)(=O)=O. The average molecular weight is 507 g/mol. The molecule has 2 aromatic carbocycles. The number of aromatic nitrogens is 3. The second kappa shape index (κ2) is 9.79. The zero-order chi connectivity index (χ0) is 25.3. The van der Waals surface area contributed by atoms with Crippen LogP contribution in [0.15, 0.2) is 67.0 Å². The molecule has 3 heterocycles. The van der Waals surface area contributed by atoms with Crippen molar-refractivity contribution < 1.29 is 13.5 Å². The van der Waals surface area contributed by atoms with Crippen molar-refractivity contribution in [3.63, 3.8) is 0 Å². The van der Waals surface area contributed by atoms with Crippen LogP contribution in [-0.4, -0.2) is 60.6 Å². The molecule has 1 saturated heterocycles. The summed E-state index contributed by atoms with van der Waals surface area (Å²) in [6.45, 7) is 1.59. The molecule has 1 unspecified atom stereocenters. The van der Waals surface area contributed by atoms with Crippen LogP contribution in [0.3, 0.4) is 0 Å². The maximum atomic E-state index is 12.1. The highest BCUT2D eigenvalue weighted by Gasteiger charge is 2.23. The summed E-state index contributed by atoms with van der Waals surface area (Å²) in [7, 11) is -1.82. The normalized spacial score (nSPS) is 16.0. The third-order valence-electron chi connectivity index (χ3n) is 6.71. The summed E-state index contributed by atoms with van der Waals surface area (Å²) in [6.07, 6.45) is 7.01. The first-order chi connectivity index (χ1) is 17.3. The molecule has 1 atom stereocenters. The number of nitrogens with one attached hydrogen (secondary N) is 1. The van der Waals surface area contributed by atoms with Crippen LogP contribution in [0.5, 0.6) is 0 Å². The Bertz CT molecular complexity index is 1470. The van der Waals surface area contributed by atoms with Crippen LogP contribution in [0.4, 0.5) is 23.0 Å². The molecule has 188 valence electrons. The fourth-order valence-electron chi connectivity index (χ4n) is 4.70. The van der Waals surface area contributed by atoms with Crippen molar-refractivity contribution in [1.29, 1.82) is 0 Å². The van der Waals surface area contributed by atoms with Gasteiger partial charge in [0.2, 0.25) is 16.0 Å². The molecule has 9 nitrogen and oxygen atoms in total. The maximum absolute atomic E-state index is 12.1. The van der Waals surface area contributed by atoms with Gasteiger partial charge in [0.1, 0.15) is 5.65 Å². The number of nitrogens with zero attached hydrogens (tertiary/aromatic N) is 5. The molecule has 4 aromatic rings. The highest BCUT2D eigenvalue weighted by molar-refractivity contribution is 7.92. The molecule has 0 aliphatic carbocycles. The summed E-state index contributed by atoms with van der Waals surface area (Å²) in [5, 5.41) is 13.8. The van der Waals surface area contributed by atoms with E-state index < -0.39 is 10.0 Å². The van der Waals surface area contributed by atoms with E-state index in [4.69, 9.17) is 4.98 Å². The third-order valence-corrected chi connectivity index (χ3v) is 7.91. The van der Waals surface area contributed by atoms with Gasteiger partial charge >= 0.3 is 0 Å². The van der Waals surface area contributed by atoms with Crippen molar-refractivity contribution in [3.8, 4) is 0 Å². The van der Waals surface area contributed by atoms with E-state index in [0.29, 0.717) is 18.2 Å². The molecule has 0 radical (unpaired) electrons. The Morgan fingerprint density at radius 2 is 1.92 bits per heavy atom. The van der Waals surface area contributed by atoms with E-state index in [-0.39, 0.29) is 12.6 Å². The average Bonchev–Trinajstić information content (AvgIpc) is 3.51. The highest BCUT2D eigenvalue weighted by atomic mass is 32.2. The number of aliphatic hydroxyl groups excluding tert-OH is 1. The summed E-state index contributed by atoms with van der Waals surface area (Å²) < 4.78 is 27.5. The van der Waals surface area contributed by atoms with E-state index in [2.05, 4.69) is 15.2 Å². The smallest absolute Gasteiger partial charge is 0.232 e. The van der Waals surface area contributed by atoms with Crippen LogP contribution in [0, 0.1) is 0 Å². The molecular weight excluding hydrogens is 476 g/mol. The number of hydrogen-bond donors (Lipinski definition) is 2. The molecule has 36 heavy (non-hydrogen) atoms. The van der Waals surface area contributed by atoms with Gasteiger partial charge in [-0.25, -0.2) is 13.4 Å². The molecule has 1 aliphatic rings. The van der Waals surface area contributed by atoms with Crippen molar-refractivity contribution in [1.82, 2.24) is 14.5 Å². The van der Waals surface area contributed by atoms with Gasteiger partial charge < -0.3 is 19.9 Å². The fraction of sp³-hybridized carbons (Fsp3) is 0.308. The maximum Gasteiger partial charge on any atom is 0.232 e. The van der Waals surface area contributed by atoms with Gasteiger partial charge in [-0.3, -0.25) is 4.31 Å². The first kappa shape index (κ1) is 24.1. The molecule has 1 aliphatic heterocycles. The van der Waals surface area contributed by atoms with Crippen LogP contribution < -0.4 is 14.5 Å². The Labute approximate surface area is 211 Å². The van der Waals surface area contributed by atoms with Crippen molar-refractivity contribution >= 4 is 44.1 Å². The highest BCUT2D eigenvalue weighted by Crippen LogP contribution is 2.28. The molecule has 2 aromatic heterocycles. The van der Waals surface area contributed by atoms with Crippen molar-refractivity contribution in [3.05, 3.63) is 72.6 Å². The predicted octanol–water partition coefficient (Wildman–Crippen LogP) is 3.58. The van der Waals surface area contributed by atoms with E-state index in [0.717, 1.165) is 47.4 Å². The minimum atomic E-state index is -3.38. The number of anilines is 4. The van der Waals surface area contributed by atoms with Crippen LogP contribution >= 0.6 is 0 Å². The molecule has 0 saturated carbocycles. The van der Waals surface area contributed by atoms with Gasteiger partial charge in [-0.1, -0.05) is 18.2 Å². The number of para-hydroxylation sites is 1. The zero-order valence-corrected chi connectivity index (χ0v) is 21.2. The quantitative estimate of drug-likeness (QED) is 0.376. The Morgan fingerprint density at radius 3 is 2.67 bits per heavy atom. The molecule has 5 rings (SSSR count). The molecule has 0 amide bonds. The predicted molar refractivity (Wildman–Crippen MR) is 143 cm³/mol. The fourth-order valence-corrected chi connectivity index (χ4v) is 5.24. The van der Waals surface area contributed by atoms with Gasteiger partial charge in [-0.05, 0) is 54.8 Å². The van der Waals surface area contributed by atoms with E-state index in [9.17, 15) is 13.5 Å². The molecule has 0 spiro atoms. The summed E-state index contributed by atoms with van der Waals surface area (Å²) >= 11 is 0. The molecule has 2 N–H and O–H groups in total. The minimum absolute atomic E-state index is 0.169. The number of hydrogen-bond acceptors (Lipinski definition) is 7. The lowest BCUT2D eigenvalue weighted by Crippen LogP contribution is -2.31. The summed E-state index contributed by atoms with van der Waals surface area (Å²) in [5.74, 6) is 0.478. The van der Waals surface area contributed by atoms with Crippen molar-refractivity contribution in [2.45, 2.75) is 25.4 Å². The molecule has 1 fully saturated rings. The lowest BCUT2D eigenvalue weighted by Gasteiger charge is -2.25. The largest absolute Gasteiger partial charge is 0.394 e. The summed E-state index contributed by atoms with van der Waals surface area (Å²) in [5.41, 5.74) is 4.23. The zero-order valence-electron chi connectivity index (χ0n) is 20.4. The van der Waals surface area contributed by atoms with Gasteiger partial charge in [0.15, 0.2) is 0 Å². The van der Waals surface area contributed by atoms with Gasteiger partial charge in [-0.2, -0.15) is 4.98 Å². The standard InChI is InChI=1S/C26H30N6O3S/c1-30(36(2,34)35)24-8-4-3-6-20(24)17-31-15-13-19-16-27-26(29-25(19)31)28-21-9-11-22(12-10-21)32-14-5-7-23(32)18-33/h3-4,6,8-13,15-16,23,33H,5,7,14,17-18H2,1-2H3,(H,27,28,29). The second-order valence-corrected chi connectivity index (χ2v) is 11.1. The topological polar surface area (TPSA) is 104 Å². The van der Waals surface area contributed by atoms with Crippen LogP contribution in [0.1, 0.15) is 18.4 Å². The number of aliphatic hydroxyl groups is 1. The van der Waals surface area contributed by atoms with E-state index in [1.807, 2.05) is 59.3 Å². The first-order valence-corrected chi connectivity index (χ1v) is 13.8. The lowest BCUT2D eigenvalue weighted by molar-refractivity contribution is 0.266. The lowest BCUT2D eigenvalue weighted by atomic mass is 10.2. The third kappa shape index (κ3) is 4.87. The van der Waals surface area contributed by atoms with Crippen LogP contribution in [0.2, 0.25) is 0 Å². The molecule has 0 bridgehead atoms. The van der Waals surface area contributed by atoms with E-state index in [1.165, 1.54) is 10.6 Å². The van der Waals surface area contributed by atoms with Crippen LogP contribution in [-0.2, 0) is 16.6 Å². The first-order valence-electron chi connectivity index (χ1n) is 11.9. The number of fused-ring (bicyclic) bond motifs is 1. The van der Waals surface area contributed by atoms with Crippen LogP contribution in [0.25, 0.3) is 11.0 Å². The Hall–Kier alpha value is -3.63. The second-order valence-electron chi connectivity index (χ2n) is 9.12. The summed E-state index contributed by atoms with van der Waals surface area (Å²) in [4.78, 5) is 11.4. The van der Waals surface area contributed by atoms with Gasteiger partial charge in [0.25, 0.3) is 0 Å². The molecule has 10 heteroatoms. The van der Waals surface area contributed by atoms with Crippen molar-refractivity contribution in [2.75, 3.05) is 41.0 Å². The van der Waals surface area contributed by atoms with Gasteiger partial charge in [0, 0.05) is 42.7 Å². The summed E-state index contributed by atoms with van der Waals surface area (Å²) in [6, 6.07) is 17.7. The van der Waals surface area contributed by atoms with Crippen molar-refractivity contribution in [2.24, 2.45) is 0 Å². The van der Waals surface area contributed by atoms with E-state index >= 15 is 0 Å². The minimum Gasteiger partial charge on any atom is -0.394 e. The van der Waals surface area contributed by atoms with Gasteiger partial charge in [-0.15, -0.1) is 0 Å². The number of benzene rings is 2. The number of rotatable bonds is 8. The van der Waals surface area contributed by atoms with Gasteiger partial charge in [0.05, 0.1) is 31.1 Å². The Kier molecular flexibility index (Phi) is 6.55. The van der Waals surface area contributed by atoms with E-state index in [1.54, 1.807) is 19.3 Å². The Balaban J connectivity index is 1.37. The Morgan fingerprint density at radius 1 is 1.14 bits per heavy atom. The molecular formula is C26H30N6O3S. The monoisotopic (exact) mass is 506 g/mol. The number of sulfonamides is 1.